The molecule has 2 aliphatic rings. The lowest BCUT2D eigenvalue weighted by Gasteiger charge is -2.37. The van der Waals surface area contributed by atoms with Crippen LogP contribution in [-0.2, 0) is 25.7 Å². The monoisotopic (exact) mass is 662 g/mol. The fourth-order valence-electron chi connectivity index (χ4n) is 5.52. The van der Waals surface area contributed by atoms with Crippen molar-refractivity contribution in [2.45, 2.75) is 57.3 Å². The molecule has 3 N–H and O–H groups in total. The normalized spacial score (nSPS) is 15.9. The maximum atomic E-state index is 13.4. The number of nitrogens with zero attached hydrogens (tertiary/aromatic N) is 3. The minimum absolute atomic E-state index is 0.0427. The van der Waals surface area contributed by atoms with Crippen LogP contribution >= 0.6 is 0 Å². The average molecular weight is 663 g/mol. The molecule has 0 bridgehead atoms. The van der Waals surface area contributed by atoms with Crippen molar-refractivity contribution in [3.8, 4) is 11.5 Å². The van der Waals surface area contributed by atoms with Crippen LogP contribution < -0.4 is 14.8 Å². The van der Waals surface area contributed by atoms with E-state index in [1.54, 1.807) is 55.5 Å². The summed E-state index contributed by atoms with van der Waals surface area (Å²) < 4.78 is 16.7. The zero-order valence-electron chi connectivity index (χ0n) is 26.6. The highest BCUT2D eigenvalue weighted by Gasteiger charge is 2.47. The summed E-state index contributed by atoms with van der Waals surface area (Å²) in [6.07, 6.45) is 0.871. The summed E-state index contributed by atoms with van der Waals surface area (Å²) in [5, 5.41) is 22.2. The van der Waals surface area contributed by atoms with Gasteiger partial charge in [0, 0.05) is 44.1 Å². The predicted molar refractivity (Wildman–Crippen MR) is 171 cm³/mol. The molecule has 1 aliphatic carbocycles. The van der Waals surface area contributed by atoms with Crippen molar-refractivity contribution >= 4 is 40.7 Å². The van der Waals surface area contributed by atoms with Gasteiger partial charge in [-0.2, -0.15) is 0 Å². The van der Waals surface area contributed by atoms with Gasteiger partial charge < -0.3 is 39.5 Å². The molecule has 254 valence electrons. The molecule has 2 aromatic carbocycles. The molecule has 3 amide bonds. The molecular weight excluding hydrogens is 624 g/mol. The number of nitrogens with one attached hydrogen (secondary N) is 1. The van der Waals surface area contributed by atoms with Crippen LogP contribution in [0.25, 0.3) is 10.9 Å². The fourth-order valence-corrected chi connectivity index (χ4v) is 5.52. The summed E-state index contributed by atoms with van der Waals surface area (Å²) in [4.78, 5) is 69.0. The van der Waals surface area contributed by atoms with E-state index in [1.165, 1.54) is 15.9 Å². The van der Waals surface area contributed by atoms with Gasteiger partial charge in [0.1, 0.15) is 29.8 Å². The van der Waals surface area contributed by atoms with Crippen LogP contribution in [0.5, 0.6) is 11.5 Å². The topological polar surface area (TPSA) is 185 Å². The van der Waals surface area contributed by atoms with Crippen LogP contribution in [0, 0.1) is 0 Å². The van der Waals surface area contributed by atoms with Crippen LogP contribution in [-0.4, -0.2) is 99.3 Å². The lowest BCUT2D eigenvalue weighted by molar-refractivity contribution is -0.163. The number of amides is 3. The highest BCUT2D eigenvalue weighted by atomic mass is 16.6. The molecule has 2 heterocycles. The first-order valence-electron chi connectivity index (χ1n) is 15.8. The molecule has 0 radical (unpaired) electrons. The summed E-state index contributed by atoms with van der Waals surface area (Å²) in [6.45, 7) is 3.12. The number of aliphatic carboxylic acids is 2. The number of benzene rings is 2. The summed E-state index contributed by atoms with van der Waals surface area (Å²) in [5.41, 5.74) is 0.206. The second kappa shape index (κ2) is 15.0. The number of carboxylic acid groups (broad SMARTS) is 2. The van der Waals surface area contributed by atoms with E-state index in [0.29, 0.717) is 29.9 Å². The number of aromatic nitrogens is 1. The standard InChI is InChI=1S/C34H38N4O10/c1-2-46-33(45)38-18-16-37(17-19-38)31(42)27(12-13-29(39)40)36-30(41)26-11-7-23-6-10-25(20-28(23)35-26)47-21-22-4-8-24(9-5-22)48-34(32(43)44)14-3-15-34/h4-11,20,27H,2-3,12-19,21H2,1H3,(H,36,41)(H,39,40)(H,43,44). The van der Waals surface area contributed by atoms with Gasteiger partial charge in [-0.3, -0.25) is 14.4 Å². The minimum Gasteiger partial charge on any atom is -0.489 e. The molecule has 1 aromatic heterocycles. The fraction of sp³-hybridized carbons (Fsp3) is 0.412. The summed E-state index contributed by atoms with van der Waals surface area (Å²) in [7, 11) is 0. The van der Waals surface area contributed by atoms with E-state index in [2.05, 4.69) is 10.3 Å². The highest BCUT2D eigenvalue weighted by Crippen LogP contribution is 2.37. The Morgan fingerprint density at radius 3 is 2.21 bits per heavy atom. The second-order valence-corrected chi connectivity index (χ2v) is 11.7. The van der Waals surface area contributed by atoms with Crippen molar-refractivity contribution in [2.24, 2.45) is 0 Å². The van der Waals surface area contributed by atoms with Crippen LogP contribution in [0.1, 0.15) is 55.1 Å². The molecule has 48 heavy (non-hydrogen) atoms. The van der Waals surface area contributed by atoms with E-state index < -0.39 is 41.5 Å². The van der Waals surface area contributed by atoms with Gasteiger partial charge in [0.2, 0.25) is 11.5 Å². The number of carbonyl (C=O) groups is 5. The largest absolute Gasteiger partial charge is 0.489 e. The Hall–Kier alpha value is -5.40. The molecule has 1 aliphatic heterocycles. The van der Waals surface area contributed by atoms with Gasteiger partial charge in [0.15, 0.2) is 0 Å². The Labute approximate surface area is 276 Å². The molecule has 1 saturated carbocycles. The van der Waals surface area contributed by atoms with Gasteiger partial charge in [-0.25, -0.2) is 14.6 Å². The van der Waals surface area contributed by atoms with E-state index >= 15 is 0 Å². The van der Waals surface area contributed by atoms with Crippen molar-refractivity contribution in [3.05, 3.63) is 65.9 Å². The van der Waals surface area contributed by atoms with Crippen LogP contribution in [0.15, 0.2) is 54.6 Å². The third-order valence-corrected chi connectivity index (χ3v) is 8.46. The number of fused-ring (bicyclic) bond motifs is 1. The number of ether oxygens (including phenoxy) is 3. The van der Waals surface area contributed by atoms with E-state index in [1.807, 2.05) is 0 Å². The van der Waals surface area contributed by atoms with E-state index in [4.69, 9.17) is 14.2 Å². The molecule has 5 rings (SSSR count). The average Bonchev–Trinajstić information content (AvgIpc) is 3.07. The number of rotatable bonds is 13. The van der Waals surface area contributed by atoms with Crippen molar-refractivity contribution in [2.75, 3.05) is 32.8 Å². The molecule has 3 aromatic rings. The van der Waals surface area contributed by atoms with Gasteiger partial charge in [0.25, 0.3) is 5.91 Å². The van der Waals surface area contributed by atoms with Gasteiger partial charge >= 0.3 is 18.0 Å². The predicted octanol–water partition coefficient (Wildman–Crippen LogP) is 3.46. The van der Waals surface area contributed by atoms with Crippen molar-refractivity contribution in [1.29, 1.82) is 0 Å². The quantitative estimate of drug-likeness (QED) is 0.243. The smallest absolute Gasteiger partial charge is 0.409 e. The Bertz CT molecular complexity index is 1670. The Balaban J connectivity index is 1.21. The molecule has 14 heteroatoms. The lowest BCUT2D eigenvalue weighted by atomic mass is 9.80. The molecule has 1 unspecified atom stereocenters. The summed E-state index contributed by atoms with van der Waals surface area (Å²) >= 11 is 0. The number of piperazine rings is 1. The van der Waals surface area contributed by atoms with Crippen molar-refractivity contribution < 1.29 is 48.4 Å². The summed E-state index contributed by atoms with van der Waals surface area (Å²) in [6, 6.07) is 14.4. The molecular formula is C34H38N4O10. The molecule has 1 saturated heterocycles. The van der Waals surface area contributed by atoms with Gasteiger partial charge in [-0.05, 0) is 68.5 Å². The maximum Gasteiger partial charge on any atom is 0.409 e. The number of carbonyl (C=O) groups excluding carboxylic acids is 3. The maximum absolute atomic E-state index is 13.4. The van der Waals surface area contributed by atoms with Crippen LogP contribution in [0.4, 0.5) is 4.79 Å². The zero-order valence-corrected chi connectivity index (χ0v) is 26.6. The first-order valence-corrected chi connectivity index (χ1v) is 15.8. The molecule has 2 fully saturated rings. The van der Waals surface area contributed by atoms with E-state index in [0.717, 1.165) is 17.4 Å². The molecule has 1 atom stereocenters. The first-order chi connectivity index (χ1) is 23.1. The van der Waals surface area contributed by atoms with Gasteiger partial charge in [-0.1, -0.05) is 18.2 Å². The number of hydrogen-bond donors (Lipinski definition) is 3. The zero-order chi connectivity index (χ0) is 34.3. The van der Waals surface area contributed by atoms with E-state index in [9.17, 15) is 34.2 Å². The van der Waals surface area contributed by atoms with Gasteiger partial charge in [-0.15, -0.1) is 0 Å². The lowest BCUT2D eigenvalue weighted by Crippen LogP contribution is -2.56. The van der Waals surface area contributed by atoms with Gasteiger partial charge in [0.05, 0.1) is 12.1 Å². The SMILES string of the molecule is CCOC(=O)N1CCN(C(=O)C(CCC(=O)O)NC(=O)c2ccc3ccc(OCc4ccc(OC5(C(=O)O)CCC5)cc4)cc3n2)CC1. The van der Waals surface area contributed by atoms with Crippen LogP contribution in [0.3, 0.4) is 0 Å². The molecule has 0 spiro atoms. The third-order valence-electron chi connectivity index (χ3n) is 8.46. The van der Waals surface area contributed by atoms with E-state index in [-0.39, 0.29) is 57.9 Å². The second-order valence-electron chi connectivity index (χ2n) is 11.7. The first kappa shape index (κ1) is 33.9. The minimum atomic E-state index is -1.15. The number of hydrogen-bond acceptors (Lipinski definition) is 9. The highest BCUT2D eigenvalue weighted by molar-refractivity contribution is 5.98. The van der Waals surface area contributed by atoms with Crippen molar-refractivity contribution in [3.63, 3.8) is 0 Å². The Morgan fingerprint density at radius 1 is 0.917 bits per heavy atom. The third kappa shape index (κ3) is 8.11. The number of carboxylic acids is 2. The Kier molecular flexibility index (Phi) is 10.6. The summed E-state index contributed by atoms with van der Waals surface area (Å²) in [5.74, 6) is -2.15. The molecule has 14 nitrogen and oxygen atoms in total. The number of pyridine rings is 1. The van der Waals surface area contributed by atoms with Crippen molar-refractivity contribution in [1.82, 2.24) is 20.1 Å². The van der Waals surface area contributed by atoms with Crippen LogP contribution in [0.2, 0.25) is 0 Å². The Morgan fingerprint density at radius 2 is 1.58 bits per heavy atom.